The van der Waals surface area contributed by atoms with E-state index in [1.165, 1.54) is 25.7 Å². The molecule has 1 fully saturated rings. The highest BCUT2D eigenvalue weighted by Crippen LogP contribution is 2.23. The quantitative estimate of drug-likeness (QED) is 0.670. The molecule has 13 heavy (non-hydrogen) atoms. The highest BCUT2D eigenvalue weighted by atomic mass is 35.5. The molecule has 2 nitrogen and oxygen atoms in total. The summed E-state index contributed by atoms with van der Waals surface area (Å²) in [5.41, 5.74) is 0. The second kappa shape index (κ2) is 6.63. The molecule has 1 rings (SSSR count). The highest BCUT2D eigenvalue weighted by molar-refractivity contribution is 6.18. The van der Waals surface area contributed by atoms with Crippen LogP contribution in [-0.4, -0.2) is 32.2 Å². The maximum absolute atomic E-state index is 5.79. The molecule has 0 spiro atoms. The van der Waals surface area contributed by atoms with Crippen LogP contribution in [0, 0.1) is 5.92 Å². The van der Waals surface area contributed by atoms with Gasteiger partial charge in [-0.3, -0.25) is 0 Å². The summed E-state index contributed by atoms with van der Waals surface area (Å²) in [6.07, 6.45) is 5.58. The van der Waals surface area contributed by atoms with Crippen molar-refractivity contribution in [3.63, 3.8) is 0 Å². The van der Waals surface area contributed by atoms with Crippen molar-refractivity contribution < 1.29 is 4.74 Å². The molecule has 0 heterocycles. The molecule has 0 amide bonds. The van der Waals surface area contributed by atoms with Gasteiger partial charge in [-0.2, -0.15) is 0 Å². The normalized spacial score (nSPS) is 20.8. The van der Waals surface area contributed by atoms with Crippen LogP contribution in [0.3, 0.4) is 0 Å². The third-order valence-electron chi connectivity index (χ3n) is 2.72. The molecule has 1 saturated carbocycles. The van der Waals surface area contributed by atoms with Crippen LogP contribution in [0.15, 0.2) is 0 Å². The van der Waals surface area contributed by atoms with Crippen molar-refractivity contribution in [1.82, 2.24) is 5.32 Å². The van der Waals surface area contributed by atoms with E-state index in [1.807, 2.05) is 0 Å². The summed E-state index contributed by atoms with van der Waals surface area (Å²) < 4.78 is 5.06. The maximum atomic E-state index is 5.79. The molecule has 3 heteroatoms. The molecule has 0 aromatic rings. The van der Waals surface area contributed by atoms with Crippen LogP contribution in [-0.2, 0) is 4.74 Å². The lowest BCUT2D eigenvalue weighted by Crippen LogP contribution is -2.37. The lowest BCUT2D eigenvalue weighted by atomic mass is 10.1. The standard InChI is InChI=1S/C10H20ClNO/c1-13-8-10(6-11)12-7-9-4-2-3-5-9/h9-10,12H,2-8H2,1H3. The number of nitrogens with one attached hydrogen (secondary N) is 1. The average molecular weight is 206 g/mol. The van der Waals surface area contributed by atoms with E-state index in [0.29, 0.717) is 11.9 Å². The van der Waals surface area contributed by atoms with Gasteiger partial charge in [0.15, 0.2) is 0 Å². The molecule has 1 unspecified atom stereocenters. The summed E-state index contributed by atoms with van der Waals surface area (Å²) in [7, 11) is 1.72. The van der Waals surface area contributed by atoms with E-state index in [2.05, 4.69) is 5.32 Å². The third-order valence-corrected chi connectivity index (χ3v) is 3.10. The molecule has 1 aliphatic carbocycles. The van der Waals surface area contributed by atoms with Gasteiger partial charge in [0.1, 0.15) is 0 Å². The van der Waals surface area contributed by atoms with E-state index in [1.54, 1.807) is 7.11 Å². The second-order valence-corrected chi connectivity index (χ2v) is 4.17. The predicted molar refractivity (Wildman–Crippen MR) is 56.3 cm³/mol. The van der Waals surface area contributed by atoms with E-state index < -0.39 is 0 Å². The van der Waals surface area contributed by atoms with E-state index in [0.717, 1.165) is 19.1 Å². The topological polar surface area (TPSA) is 21.3 Å². The van der Waals surface area contributed by atoms with Gasteiger partial charge in [0.2, 0.25) is 0 Å². The minimum atomic E-state index is 0.326. The Hall–Kier alpha value is 0.210. The Kier molecular flexibility index (Phi) is 5.76. The largest absolute Gasteiger partial charge is 0.383 e. The first kappa shape index (κ1) is 11.3. The smallest absolute Gasteiger partial charge is 0.0627 e. The molecule has 78 valence electrons. The molecular weight excluding hydrogens is 186 g/mol. The summed E-state index contributed by atoms with van der Waals surface area (Å²) >= 11 is 5.79. The van der Waals surface area contributed by atoms with Gasteiger partial charge in [-0.05, 0) is 25.3 Å². The van der Waals surface area contributed by atoms with Gasteiger partial charge < -0.3 is 10.1 Å². The van der Waals surface area contributed by atoms with Crippen LogP contribution in [0.25, 0.3) is 0 Å². The number of halogens is 1. The van der Waals surface area contributed by atoms with Crippen molar-refractivity contribution in [2.45, 2.75) is 31.7 Å². The van der Waals surface area contributed by atoms with Gasteiger partial charge in [-0.15, -0.1) is 11.6 Å². The Morgan fingerprint density at radius 3 is 2.69 bits per heavy atom. The fourth-order valence-corrected chi connectivity index (χ4v) is 2.11. The summed E-state index contributed by atoms with van der Waals surface area (Å²) in [5, 5.41) is 3.46. The summed E-state index contributed by atoms with van der Waals surface area (Å²) in [6.45, 7) is 1.83. The Bertz CT molecular complexity index is 126. The van der Waals surface area contributed by atoms with E-state index in [9.17, 15) is 0 Å². The Labute approximate surface area is 86.0 Å². The van der Waals surface area contributed by atoms with Crippen molar-refractivity contribution in [3.05, 3.63) is 0 Å². The van der Waals surface area contributed by atoms with E-state index in [4.69, 9.17) is 16.3 Å². The van der Waals surface area contributed by atoms with Crippen molar-refractivity contribution in [2.24, 2.45) is 5.92 Å². The molecule has 0 saturated heterocycles. The molecular formula is C10H20ClNO. The van der Waals surface area contributed by atoms with Crippen molar-refractivity contribution in [3.8, 4) is 0 Å². The zero-order valence-corrected chi connectivity index (χ0v) is 9.15. The van der Waals surface area contributed by atoms with Crippen LogP contribution < -0.4 is 5.32 Å². The molecule has 0 radical (unpaired) electrons. The molecule has 0 aromatic carbocycles. The Morgan fingerprint density at radius 2 is 2.15 bits per heavy atom. The molecule has 1 atom stereocenters. The van der Waals surface area contributed by atoms with E-state index in [-0.39, 0.29) is 0 Å². The van der Waals surface area contributed by atoms with Gasteiger partial charge in [-0.1, -0.05) is 12.8 Å². The van der Waals surface area contributed by atoms with Crippen molar-refractivity contribution in [2.75, 3.05) is 26.1 Å². The summed E-state index contributed by atoms with van der Waals surface area (Å²) in [6, 6.07) is 0.326. The molecule has 1 aliphatic rings. The lowest BCUT2D eigenvalue weighted by Gasteiger charge is -2.17. The zero-order chi connectivity index (χ0) is 9.52. The maximum Gasteiger partial charge on any atom is 0.0627 e. The number of alkyl halides is 1. The SMILES string of the molecule is COCC(CCl)NCC1CCCC1. The number of hydrogen-bond acceptors (Lipinski definition) is 2. The van der Waals surface area contributed by atoms with Gasteiger partial charge >= 0.3 is 0 Å². The van der Waals surface area contributed by atoms with Crippen molar-refractivity contribution >= 4 is 11.6 Å². The fourth-order valence-electron chi connectivity index (χ4n) is 1.91. The monoisotopic (exact) mass is 205 g/mol. The van der Waals surface area contributed by atoms with Crippen LogP contribution in [0.1, 0.15) is 25.7 Å². The number of methoxy groups -OCH3 is 1. The first-order valence-corrected chi connectivity index (χ1v) is 5.68. The van der Waals surface area contributed by atoms with Gasteiger partial charge in [0.25, 0.3) is 0 Å². The number of rotatable bonds is 6. The van der Waals surface area contributed by atoms with Gasteiger partial charge in [-0.25, -0.2) is 0 Å². The van der Waals surface area contributed by atoms with Crippen LogP contribution in [0.2, 0.25) is 0 Å². The minimum absolute atomic E-state index is 0.326. The third kappa shape index (κ3) is 4.30. The Morgan fingerprint density at radius 1 is 1.46 bits per heavy atom. The van der Waals surface area contributed by atoms with E-state index >= 15 is 0 Å². The fraction of sp³-hybridized carbons (Fsp3) is 1.00. The summed E-state index contributed by atoms with van der Waals surface area (Å²) in [4.78, 5) is 0. The number of ether oxygens (including phenoxy) is 1. The molecule has 0 aromatic heterocycles. The predicted octanol–water partition coefficient (Wildman–Crippen LogP) is 2.02. The first-order valence-electron chi connectivity index (χ1n) is 5.15. The first-order chi connectivity index (χ1) is 6.36. The second-order valence-electron chi connectivity index (χ2n) is 3.87. The number of hydrogen-bond donors (Lipinski definition) is 1. The summed E-state index contributed by atoms with van der Waals surface area (Å²) in [5.74, 6) is 1.52. The van der Waals surface area contributed by atoms with Crippen molar-refractivity contribution in [1.29, 1.82) is 0 Å². The highest BCUT2D eigenvalue weighted by Gasteiger charge is 2.16. The zero-order valence-electron chi connectivity index (χ0n) is 8.39. The van der Waals surface area contributed by atoms with Gasteiger partial charge in [0.05, 0.1) is 6.61 Å². The molecule has 1 N–H and O–H groups in total. The average Bonchev–Trinajstić information content (AvgIpc) is 2.64. The Balaban J connectivity index is 2.07. The van der Waals surface area contributed by atoms with Crippen LogP contribution in [0.4, 0.5) is 0 Å². The lowest BCUT2D eigenvalue weighted by molar-refractivity contribution is 0.171. The van der Waals surface area contributed by atoms with Crippen LogP contribution >= 0.6 is 11.6 Å². The molecule has 0 bridgehead atoms. The van der Waals surface area contributed by atoms with Gasteiger partial charge in [0, 0.05) is 19.0 Å². The minimum Gasteiger partial charge on any atom is -0.383 e. The van der Waals surface area contributed by atoms with Crippen LogP contribution in [0.5, 0.6) is 0 Å². The molecule has 0 aliphatic heterocycles.